The van der Waals surface area contributed by atoms with Crippen molar-refractivity contribution in [1.29, 1.82) is 0 Å². The molecule has 0 radical (unpaired) electrons. The minimum absolute atomic E-state index is 0.0263. The number of sulfonamides is 1. The van der Waals surface area contributed by atoms with E-state index in [2.05, 4.69) is 10.0 Å². The van der Waals surface area contributed by atoms with Gasteiger partial charge in [-0.1, -0.05) is 56.3 Å². The quantitative estimate of drug-likeness (QED) is 0.411. The summed E-state index contributed by atoms with van der Waals surface area (Å²) in [6.07, 6.45) is -0.889. The molecule has 38 heavy (non-hydrogen) atoms. The number of nitrogens with zero attached hydrogens (tertiary/aromatic N) is 1. The number of amides is 2. The number of anilines is 1. The van der Waals surface area contributed by atoms with E-state index >= 15 is 0 Å². The Morgan fingerprint density at radius 3 is 2.39 bits per heavy atom. The minimum atomic E-state index is -3.62. The number of para-hydroxylation sites is 2. The Hall–Kier alpha value is -3.89. The van der Waals surface area contributed by atoms with Gasteiger partial charge in [-0.2, -0.15) is 0 Å². The number of ether oxygens (including phenoxy) is 2. The molecule has 0 aromatic heterocycles. The van der Waals surface area contributed by atoms with Gasteiger partial charge in [-0.3, -0.25) is 9.59 Å². The second-order valence-corrected chi connectivity index (χ2v) is 11.1. The molecule has 4 rings (SSSR count). The summed E-state index contributed by atoms with van der Waals surface area (Å²) in [5, 5.41) is 2.86. The molecule has 0 fully saturated rings. The molecule has 1 aliphatic rings. The van der Waals surface area contributed by atoms with Crippen molar-refractivity contribution in [3.05, 3.63) is 84.4 Å². The Morgan fingerprint density at radius 2 is 1.68 bits per heavy atom. The fraction of sp³-hybridized carbons (Fsp3) is 0.286. The van der Waals surface area contributed by atoms with Crippen molar-refractivity contribution in [1.82, 2.24) is 10.0 Å². The first-order chi connectivity index (χ1) is 18.2. The van der Waals surface area contributed by atoms with Crippen molar-refractivity contribution < 1.29 is 27.5 Å². The van der Waals surface area contributed by atoms with Crippen LogP contribution in [0.3, 0.4) is 0 Å². The summed E-state index contributed by atoms with van der Waals surface area (Å²) in [7, 11) is -3.62. The number of hydrogen-bond donors (Lipinski definition) is 2. The average molecular weight is 538 g/mol. The molecule has 3 aromatic carbocycles. The van der Waals surface area contributed by atoms with Crippen LogP contribution in [0.2, 0.25) is 0 Å². The lowest BCUT2D eigenvalue weighted by atomic mass is 10.1. The van der Waals surface area contributed by atoms with E-state index in [-0.39, 0.29) is 35.8 Å². The van der Waals surface area contributed by atoms with Crippen LogP contribution in [-0.2, 0) is 26.2 Å². The number of rotatable bonds is 10. The average Bonchev–Trinajstić information content (AvgIpc) is 2.93. The number of carbonyl (C=O) groups excluding carboxylic acids is 2. The van der Waals surface area contributed by atoms with Gasteiger partial charge in [-0.05, 0) is 47.9 Å². The second-order valence-electron chi connectivity index (χ2n) is 9.29. The standard InChI is InChI=1S/C28H31N3O6S/c1-20(2)16-30-38(34,35)23-14-12-22(13-15-23)36-19-27(32)31-18-26(37-25-11-7-6-10-24(25)31)28(33)29-17-21-8-4-3-5-9-21/h3-15,20,26,30H,16-19H2,1-2H3,(H,29,33). The van der Waals surface area contributed by atoms with Gasteiger partial charge in [0.25, 0.3) is 11.8 Å². The maximum absolute atomic E-state index is 13.2. The van der Waals surface area contributed by atoms with Crippen molar-refractivity contribution in [2.75, 3.05) is 24.6 Å². The third-order valence-electron chi connectivity index (χ3n) is 5.85. The van der Waals surface area contributed by atoms with Crippen LogP contribution in [0, 0.1) is 5.92 Å². The molecule has 1 heterocycles. The van der Waals surface area contributed by atoms with Gasteiger partial charge in [0.2, 0.25) is 10.0 Å². The molecule has 2 amide bonds. The molecule has 0 bridgehead atoms. The maximum atomic E-state index is 13.2. The van der Waals surface area contributed by atoms with Gasteiger partial charge in [0, 0.05) is 13.1 Å². The third kappa shape index (κ3) is 6.90. The molecule has 3 aromatic rings. The lowest BCUT2D eigenvalue weighted by Crippen LogP contribution is -2.51. The summed E-state index contributed by atoms with van der Waals surface area (Å²) in [5.41, 5.74) is 1.50. The summed E-state index contributed by atoms with van der Waals surface area (Å²) < 4.78 is 38.9. The van der Waals surface area contributed by atoms with Gasteiger partial charge in [-0.15, -0.1) is 0 Å². The molecule has 2 N–H and O–H groups in total. The first kappa shape index (κ1) is 27.2. The lowest BCUT2D eigenvalue weighted by Gasteiger charge is -2.34. The van der Waals surface area contributed by atoms with Crippen molar-refractivity contribution in [3.8, 4) is 11.5 Å². The molecular formula is C28H31N3O6S. The van der Waals surface area contributed by atoms with Gasteiger partial charge in [0.1, 0.15) is 11.5 Å². The molecule has 0 saturated heterocycles. The van der Waals surface area contributed by atoms with E-state index in [0.717, 1.165) is 5.56 Å². The van der Waals surface area contributed by atoms with E-state index < -0.39 is 16.1 Å². The highest BCUT2D eigenvalue weighted by Gasteiger charge is 2.33. The minimum Gasteiger partial charge on any atom is -0.484 e. The third-order valence-corrected chi connectivity index (χ3v) is 7.29. The molecule has 0 aliphatic carbocycles. The van der Waals surface area contributed by atoms with Crippen molar-refractivity contribution in [2.24, 2.45) is 5.92 Å². The highest BCUT2D eigenvalue weighted by atomic mass is 32.2. The number of hydrogen-bond acceptors (Lipinski definition) is 6. The lowest BCUT2D eigenvalue weighted by molar-refractivity contribution is -0.128. The molecule has 200 valence electrons. The molecule has 1 unspecified atom stereocenters. The molecule has 0 saturated carbocycles. The molecule has 1 atom stereocenters. The summed E-state index contributed by atoms with van der Waals surface area (Å²) in [6.45, 7) is 4.24. The van der Waals surface area contributed by atoms with E-state index in [1.807, 2.05) is 44.2 Å². The SMILES string of the molecule is CC(C)CNS(=O)(=O)c1ccc(OCC(=O)N2CC(C(=O)NCc3ccccc3)Oc3ccccc32)cc1. The monoisotopic (exact) mass is 537 g/mol. The number of carbonyl (C=O) groups is 2. The van der Waals surface area contributed by atoms with Crippen molar-refractivity contribution in [3.63, 3.8) is 0 Å². The van der Waals surface area contributed by atoms with E-state index in [0.29, 0.717) is 30.3 Å². The van der Waals surface area contributed by atoms with Crippen LogP contribution < -0.4 is 24.4 Å². The number of nitrogens with one attached hydrogen (secondary N) is 2. The van der Waals surface area contributed by atoms with Gasteiger partial charge < -0.3 is 19.7 Å². The van der Waals surface area contributed by atoms with Crippen LogP contribution in [-0.4, -0.2) is 46.0 Å². The highest BCUT2D eigenvalue weighted by molar-refractivity contribution is 7.89. The zero-order chi connectivity index (χ0) is 27.1. The zero-order valence-electron chi connectivity index (χ0n) is 21.3. The maximum Gasteiger partial charge on any atom is 0.265 e. The fourth-order valence-corrected chi connectivity index (χ4v) is 5.02. The van der Waals surface area contributed by atoms with Crippen LogP contribution in [0.5, 0.6) is 11.5 Å². The fourth-order valence-electron chi connectivity index (χ4n) is 3.80. The van der Waals surface area contributed by atoms with E-state index in [1.54, 1.807) is 24.3 Å². The predicted molar refractivity (Wildman–Crippen MR) is 143 cm³/mol. The van der Waals surface area contributed by atoms with Gasteiger partial charge >= 0.3 is 0 Å². The topological polar surface area (TPSA) is 114 Å². The van der Waals surface area contributed by atoms with E-state index in [9.17, 15) is 18.0 Å². The van der Waals surface area contributed by atoms with Crippen LogP contribution >= 0.6 is 0 Å². The molecule has 10 heteroatoms. The summed E-state index contributed by atoms with van der Waals surface area (Å²) in [6, 6.07) is 22.4. The van der Waals surface area contributed by atoms with Gasteiger partial charge in [0.05, 0.1) is 17.1 Å². The van der Waals surface area contributed by atoms with E-state index in [1.165, 1.54) is 29.2 Å². The first-order valence-corrected chi connectivity index (χ1v) is 13.8. The molecular weight excluding hydrogens is 506 g/mol. The molecule has 1 aliphatic heterocycles. The van der Waals surface area contributed by atoms with Crippen molar-refractivity contribution >= 4 is 27.5 Å². The van der Waals surface area contributed by atoms with Gasteiger partial charge in [0.15, 0.2) is 12.7 Å². The van der Waals surface area contributed by atoms with Crippen LogP contribution in [0.1, 0.15) is 19.4 Å². The Morgan fingerprint density at radius 1 is 1.00 bits per heavy atom. The Kier molecular flexibility index (Phi) is 8.65. The number of fused-ring (bicyclic) bond motifs is 1. The second kappa shape index (κ2) is 12.1. The summed E-state index contributed by atoms with van der Waals surface area (Å²) in [5.74, 6) is 0.260. The Labute approximate surface area is 222 Å². The highest BCUT2D eigenvalue weighted by Crippen LogP contribution is 2.33. The predicted octanol–water partition coefficient (Wildman–Crippen LogP) is 3.11. The first-order valence-electron chi connectivity index (χ1n) is 12.3. The summed E-state index contributed by atoms with van der Waals surface area (Å²) in [4.78, 5) is 27.6. The Balaban J connectivity index is 1.39. The largest absolute Gasteiger partial charge is 0.484 e. The van der Waals surface area contributed by atoms with E-state index in [4.69, 9.17) is 9.47 Å². The van der Waals surface area contributed by atoms with Crippen LogP contribution in [0.25, 0.3) is 0 Å². The number of benzene rings is 3. The normalized spacial score (nSPS) is 14.9. The zero-order valence-corrected chi connectivity index (χ0v) is 22.1. The van der Waals surface area contributed by atoms with Crippen LogP contribution in [0.15, 0.2) is 83.8 Å². The smallest absolute Gasteiger partial charge is 0.265 e. The molecule has 0 spiro atoms. The Bertz CT molecular complexity index is 1360. The molecule has 9 nitrogen and oxygen atoms in total. The van der Waals surface area contributed by atoms with Crippen molar-refractivity contribution in [2.45, 2.75) is 31.4 Å². The summed E-state index contributed by atoms with van der Waals surface area (Å²) >= 11 is 0. The van der Waals surface area contributed by atoms with Crippen LogP contribution in [0.4, 0.5) is 5.69 Å². The van der Waals surface area contributed by atoms with Gasteiger partial charge in [-0.25, -0.2) is 13.1 Å².